The van der Waals surface area contributed by atoms with Crippen LogP contribution in [0.1, 0.15) is 0 Å². The minimum absolute atomic E-state index is 0.726. The van der Waals surface area contributed by atoms with Crippen LogP contribution >= 0.6 is 46.7 Å². The number of rotatable bonds is 0. The molecule has 0 unspecified atom stereocenters. The number of nitrogens with zero attached hydrogens (tertiary/aromatic N) is 2. The Morgan fingerprint density at radius 2 is 1.04 bits per heavy atom. The quantitative estimate of drug-likeness (QED) is 0.334. The Kier molecular flexibility index (Phi) is 3.42. The molecule has 3 aromatic carbocycles. The standard InChI is InChI=1S/C18H8Cl2N2S2/c19-9-1-3-11-15(5-9)23-17-8-14-18(7-13(17)21-11)24-16-6-10(20)2-4-12(16)22-14/h1-8H. The van der Waals surface area contributed by atoms with Gasteiger partial charge in [0, 0.05) is 29.6 Å². The van der Waals surface area contributed by atoms with Gasteiger partial charge in [0.15, 0.2) is 0 Å². The van der Waals surface area contributed by atoms with E-state index in [1.807, 2.05) is 36.4 Å². The zero-order chi connectivity index (χ0) is 16.3. The molecule has 0 aromatic heterocycles. The van der Waals surface area contributed by atoms with Crippen LogP contribution in [0.2, 0.25) is 10.0 Å². The molecule has 0 fully saturated rings. The molecule has 2 aliphatic rings. The van der Waals surface area contributed by atoms with Gasteiger partial charge in [-0.1, -0.05) is 46.7 Å². The predicted molar refractivity (Wildman–Crippen MR) is 99.2 cm³/mol. The molecule has 0 N–H and O–H groups in total. The molecule has 6 heteroatoms. The molecule has 0 bridgehead atoms. The largest absolute Gasteiger partial charge is 0.247 e. The van der Waals surface area contributed by atoms with Gasteiger partial charge in [0.05, 0.1) is 22.1 Å². The molecule has 5 rings (SSSR count). The van der Waals surface area contributed by atoms with Crippen LogP contribution in [0.3, 0.4) is 0 Å². The molecule has 2 aliphatic heterocycles. The third kappa shape index (κ3) is 2.45. The van der Waals surface area contributed by atoms with Gasteiger partial charge in [0.1, 0.15) is 0 Å². The summed E-state index contributed by atoms with van der Waals surface area (Å²) in [7, 11) is 0. The van der Waals surface area contributed by atoms with Crippen molar-refractivity contribution in [2.75, 3.05) is 0 Å². The lowest BCUT2D eigenvalue weighted by molar-refractivity contribution is 1.07. The Morgan fingerprint density at radius 3 is 1.50 bits per heavy atom. The molecule has 0 spiro atoms. The fraction of sp³-hybridized carbons (Fsp3) is 0. The number of hydrogen-bond acceptors (Lipinski definition) is 4. The molecule has 0 saturated carbocycles. The van der Waals surface area contributed by atoms with E-state index in [-0.39, 0.29) is 0 Å². The van der Waals surface area contributed by atoms with E-state index in [2.05, 4.69) is 12.1 Å². The average molecular weight is 387 g/mol. The van der Waals surface area contributed by atoms with Crippen LogP contribution in [0.15, 0.2) is 78.1 Å². The Balaban J connectivity index is 1.72. The van der Waals surface area contributed by atoms with Crippen LogP contribution in [0.4, 0.5) is 11.4 Å². The zero-order valence-electron chi connectivity index (χ0n) is 12.1. The number of fused-ring (bicyclic) bond motifs is 4. The smallest absolute Gasteiger partial charge is 0.0789 e. The highest BCUT2D eigenvalue weighted by molar-refractivity contribution is 8.00. The lowest BCUT2D eigenvalue weighted by Crippen LogP contribution is -2.17. The minimum Gasteiger partial charge on any atom is -0.247 e. The van der Waals surface area contributed by atoms with Gasteiger partial charge >= 0.3 is 0 Å². The first kappa shape index (κ1) is 14.8. The van der Waals surface area contributed by atoms with E-state index in [4.69, 9.17) is 33.2 Å². The maximum absolute atomic E-state index is 6.10. The minimum atomic E-state index is 0.726. The third-order valence-corrected chi connectivity index (χ3v) is 6.46. The molecule has 116 valence electrons. The van der Waals surface area contributed by atoms with Gasteiger partial charge in [-0.15, -0.1) is 0 Å². The van der Waals surface area contributed by atoms with Crippen LogP contribution in [0, 0.1) is 0 Å². The van der Waals surface area contributed by atoms with E-state index in [1.54, 1.807) is 23.5 Å². The zero-order valence-corrected chi connectivity index (χ0v) is 15.2. The summed E-state index contributed by atoms with van der Waals surface area (Å²) in [5, 5.41) is 3.40. The van der Waals surface area contributed by atoms with Crippen LogP contribution in [0.5, 0.6) is 0 Å². The summed E-state index contributed by atoms with van der Waals surface area (Å²) in [6.45, 7) is 0. The summed E-state index contributed by atoms with van der Waals surface area (Å²) in [4.78, 5) is 13.9. The highest BCUT2D eigenvalue weighted by Gasteiger charge is 2.17. The van der Waals surface area contributed by atoms with Crippen molar-refractivity contribution in [1.82, 2.24) is 0 Å². The second-order valence-corrected chi connectivity index (χ2v) is 8.48. The van der Waals surface area contributed by atoms with Gasteiger partial charge in [-0.3, -0.25) is 0 Å². The summed E-state index contributed by atoms with van der Waals surface area (Å²) in [6.07, 6.45) is 0. The second kappa shape index (κ2) is 5.53. The van der Waals surface area contributed by atoms with Crippen molar-refractivity contribution in [3.8, 4) is 0 Å². The first-order valence-electron chi connectivity index (χ1n) is 7.22. The van der Waals surface area contributed by atoms with Crippen LogP contribution in [-0.4, -0.2) is 0 Å². The summed E-state index contributed by atoms with van der Waals surface area (Å²) in [6, 6.07) is 15.8. The number of hydrogen-bond donors (Lipinski definition) is 0. The monoisotopic (exact) mass is 386 g/mol. The normalized spacial score (nSPS) is 13.8. The van der Waals surface area contributed by atoms with E-state index in [9.17, 15) is 0 Å². The van der Waals surface area contributed by atoms with Gasteiger partial charge in [-0.25, -0.2) is 9.98 Å². The third-order valence-electron chi connectivity index (χ3n) is 3.81. The van der Waals surface area contributed by atoms with E-state index >= 15 is 0 Å². The molecule has 2 nitrogen and oxygen atoms in total. The topological polar surface area (TPSA) is 24.7 Å². The maximum atomic E-state index is 6.10. The maximum Gasteiger partial charge on any atom is 0.0789 e. The highest BCUT2D eigenvalue weighted by atomic mass is 35.5. The van der Waals surface area contributed by atoms with Crippen molar-refractivity contribution in [1.29, 1.82) is 0 Å². The molecule has 3 aromatic rings. The average Bonchev–Trinajstić information content (AvgIpc) is 2.56. The van der Waals surface area contributed by atoms with Crippen LogP contribution in [0.25, 0.3) is 0 Å². The second-order valence-electron chi connectivity index (χ2n) is 5.44. The molecule has 0 atom stereocenters. The Hall–Kier alpha value is -1.46. The lowest BCUT2D eigenvalue weighted by Gasteiger charge is -2.16. The molecule has 0 amide bonds. The number of halogens is 2. The molecule has 0 aliphatic carbocycles. The molecule has 24 heavy (non-hydrogen) atoms. The van der Waals surface area contributed by atoms with Gasteiger partial charge in [-0.05, 0) is 48.5 Å². The lowest BCUT2D eigenvalue weighted by atomic mass is 10.2. The van der Waals surface area contributed by atoms with Gasteiger partial charge in [0.2, 0.25) is 0 Å². The SMILES string of the molecule is Clc1ccc2c(c1)Sc1cc3c(cc1=N2)Sc1cc(Cl)ccc1N=3. The molecular weight excluding hydrogens is 379 g/mol. The van der Waals surface area contributed by atoms with E-state index in [0.717, 1.165) is 51.7 Å². The summed E-state index contributed by atoms with van der Waals surface area (Å²) < 4.78 is 0. The molecule has 2 heterocycles. The molecule has 0 radical (unpaired) electrons. The molecular formula is C18H8Cl2N2S2. The Morgan fingerprint density at radius 1 is 0.583 bits per heavy atom. The van der Waals surface area contributed by atoms with Crippen molar-refractivity contribution >= 4 is 58.1 Å². The van der Waals surface area contributed by atoms with E-state index in [0.29, 0.717) is 0 Å². The Labute approximate surface area is 156 Å². The Bertz CT molecular complexity index is 1050. The van der Waals surface area contributed by atoms with Crippen molar-refractivity contribution in [3.63, 3.8) is 0 Å². The van der Waals surface area contributed by atoms with E-state index < -0.39 is 0 Å². The van der Waals surface area contributed by atoms with Crippen LogP contribution < -0.4 is 10.7 Å². The molecule has 0 saturated heterocycles. The summed E-state index contributed by atoms with van der Waals surface area (Å²) >= 11 is 15.6. The first-order valence-corrected chi connectivity index (χ1v) is 9.61. The predicted octanol–water partition coefficient (Wildman–Crippen LogP) is 5.83. The van der Waals surface area contributed by atoms with Crippen molar-refractivity contribution in [2.45, 2.75) is 19.6 Å². The fourth-order valence-corrected chi connectivity index (χ4v) is 5.21. The number of benzene rings is 3. The van der Waals surface area contributed by atoms with Crippen molar-refractivity contribution in [2.24, 2.45) is 9.98 Å². The summed E-state index contributed by atoms with van der Waals surface area (Å²) in [5.41, 5.74) is 1.91. The van der Waals surface area contributed by atoms with Gasteiger partial charge in [-0.2, -0.15) is 0 Å². The highest BCUT2D eigenvalue weighted by Crippen LogP contribution is 2.41. The van der Waals surface area contributed by atoms with Gasteiger partial charge < -0.3 is 0 Å². The summed E-state index contributed by atoms with van der Waals surface area (Å²) in [5.74, 6) is 0. The van der Waals surface area contributed by atoms with E-state index in [1.165, 1.54) is 0 Å². The van der Waals surface area contributed by atoms with Crippen molar-refractivity contribution in [3.05, 3.63) is 69.3 Å². The van der Waals surface area contributed by atoms with Crippen molar-refractivity contribution < 1.29 is 0 Å². The van der Waals surface area contributed by atoms with Gasteiger partial charge in [0.25, 0.3) is 0 Å². The fourth-order valence-electron chi connectivity index (χ4n) is 2.70. The first-order chi connectivity index (χ1) is 11.7. The van der Waals surface area contributed by atoms with Crippen LogP contribution in [-0.2, 0) is 0 Å².